The van der Waals surface area contributed by atoms with Gasteiger partial charge in [0.05, 0.1) is 24.5 Å². The summed E-state index contributed by atoms with van der Waals surface area (Å²) >= 11 is 0. The molecule has 0 aliphatic carbocycles. The molecule has 0 aliphatic rings. The molecule has 0 radical (unpaired) electrons. The van der Waals surface area contributed by atoms with Gasteiger partial charge in [-0.2, -0.15) is 10.5 Å². The molecule has 13 heavy (non-hydrogen) atoms. The van der Waals surface area contributed by atoms with Crippen molar-refractivity contribution in [2.24, 2.45) is 5.92 Å². The zero-order chi connectivity index (χ0) is 10.5. The van der Waals surface area contributed by atoms with E-state index in [-0.39, 0.29) is 12.8 Å². The van der Waals surface area contributed by atoms with E-state index in [1.165, 1.54) is 0 Å². The van der Waals surface area contributed by atoms with E-state index < -0.39 is 20.2 Å². The number of nitrogens with zero attached hydrogens (tertiary/aromatic N) is 2. The monoisotopic (exact) mass is 202 g/mol. The summed E-state index contributed by atoms with van der Waals surface area (Å²) in [6.07, 6.45) is 0.182. The topological polar surface area (TPSA) is 47.6 Å². The van der Waals surface area contributed by atoms with Crippen molar-refractivity contribution in [2.45, 2.75) is 31.9 Å². The van der Waals surface area contributed by atoms with Crippen LogP contribution in [0.1, 0.15) is 19.8 Å². The Labute approximate surface area is 78.1 Å². The van der Waals surface area contributed by atoms with Crippen molar-refractivity contribution in [1.82, 2.24) is 0 Å². The molecular formula is C8H12F2N2Si. The average molecular weight is 202 g/mol. The number of rotatable bonds is 4. The highest BCUT2D eigenvalue weighted by molar-refractivity contribution is 6.66. The Morgan fingerprint density at radius 2 is 1.92 bits per heavy atom. The number of nitriles is 2. The largest absolute Gasteiger partial charge is 0.426 e. The van der Waals surface area contributed by atoms with Crippen molar-refractivity contribution in [3.05, 3.63) is 0 Å². The maximum atomic E-state index is 13.0. The van der Waals surface area contributed by atoms with Crippen LogP contribution < -0.4 is 0 Å². The lowest BCUT2D eigenvalue weighted by molar-refractivity contribution is 0.480. The smallest absolute Gasteiger partial charge is 0.270 e. The third kappa shape index (κ3) is 3.52. The van der Waals surface area contributed by atoms with Crippen molar-refractivity contribution >= 4 is 8.74 Å². The van der Waals surface area contributed by atoms with Crippen molar-refractivity contribution in [1.29, 1.82) is 10.5 Å². The summed E-state index contributed by atoms with van der Waals surface area (Å²) in [5.41, 5.74) is -0.878. The second-order valence-electron chi connectivity index (χ2n) is 3.07. The molecule has 5 heteroatoms. The van der Waals surface area contributed by atoms with Gasteiger partial charge >= 0.3 is 8.74 Å². The molecule has 0 heterocycles. The summed E-state index contributed by atoms with van der Waals surface area (Å²) in [5, 5.41) is 17.0. The fraction of sp³-hybridized carbons (Fsp3) is 0.750. The first kappa shape index (κ1) is 12.1. The van der Waals surface area contributed by atoms with Gasteiger partial charge in [-0.25, -0.2) is 0 Å². The summed E-state index contributed by atoms with van der Waals surface area (Å²) in [6.45, 7) is 2.57. The van der Waals surface area contributed by atoms with Crippen molar-refractivity contribution in [3.8, 4) is 12.1 Å². The van der Waals surface area contributed by atoms with Gasteiger partial charge in [0.2, 0.25) is 0 Å². The Morgan fingerprint density at radius 1 is 1.38 bits per heavy atom. The minimum absolute atomic E-state index is 0.0918. The lowest BCUT2D eigenvalue weighted by Gasteiger charge is -2.22. The van der Waals surface area contributed by atoms with Crippen molar-refractivity contribution in [2.75, 3.05) is 0 Å². The first-order valence-corrected chi connectivity index (χ1v) is 6.45. The zero-order valence-electron chi connectivity index (χ0n) is 7.72. The maximum Gasteiger partial charge on any atom is 0.426 e. The number of hydrogen-bond acceptors (Lipinski definition) is 2. The van der Waals surface area contributed by atoms with E-state index in [0.29, 0.717) is 0 Å². The third-order valence-electron chi connectivity index (χ3n) is 2.05. The molecule has 2 atom stereocenters. The molecule has 0 aromatic carbocycles. The Bertz CT molecular complexity index is 236. The third-order valence-corrected chi connectivity index (χ3v) is 4.17. The first-order valence-electron chi connectivity index (χ1n) is 4.11. The van der Waals surface area contributed by atoms with Crippen LogP contribution in [0.5, 0.6) is 0 Å². The van der Waals surface area contributed by atoms with Crippen LogP contribution in [0.4, 0.5) is 8.22 Å². The van der Waals surface area contributed by atoms with Gasteiger partial charge in [0.25, 0.3) is 0 Å². The lowest BCUT2D eigenvalue weighted by Crippen LogP contribution is -2.30. The van der Waals surface area contributed by atoms with Gasteiger partial charge in [0, 0.05) is 5.54 Å². The molecule has 0 spiro atoms. The highest BCUT2D eigenvalue weighted by Gasteiger charge is 2.43. The van der Waals surface area contributed by atoms with Crippen LogP contribution in [0.2, 0.25) is 12.1 Å². The Kier molecular flexibility index (Phi) is 4.57. The Morgan fingerprint density at radius 3 is 2.15 bits per heavy atom. The summed E-state index contributed by atoms with van der Waals surface area (Å²) in [4.78, 5) is 0. The Balaban J connectivity index is 4.58. The van der Waals surface area contributed by atoms with Gasteiger partial charge in [0.15, 0.2) is 0 Å². The number of halogens is 2. The molecule has 0 rings (SSSR count). The van der Waals surface area contributed by atoms with Crippen LogP contribution in [-0.4, -0.2) is 8.74 Å². The van der Waals surface area contributed by atoms with Crippen LogP contribution in [0, 0.1) is 28.6 Å². The van der Waals surface area contributed by atoms with E-state index in [0.717, 1.165) is 6.55 Å². The SMILES string of the molecule is CCC(C(C#N)CC#N)[Si](C)(F)F. The molecule has 0 aromatic rings. The summed E-state index contributed by atoms with van der Waals surface area (Å²) in [6, 6.07) is 3.56. The molecule has 0 aliphatic heterocycles. The zero-order valence-corrected chi connectivity index (χ0v) is 8.72. The molecule has 72 valence electrons. The molecule has 2 unspecified atom stereocenters. The van der Waals surface area contributed by atoms with Crippen molar-refractivity contribution < 1.29 is 8.22 Å². The van der Waals surface area contributed by atoms with E-state index >= 15 is 0 Å². The average Bonchev–Trinajstić information content (AvgIpc) is 2.01. The molecule has 0 aromatic heterocycles. The van der Waals surface area contributed by atoms with Crippen LogP contribution in [0.25, 0.3) is 0 Å². The highest BCUT2D eigenvalue weighted by atomic mass is 28.4. The Hall–Kier alpha value is -0.943. The summed E-state index contributed by atoms with van der Waals surface area (Å²) < 4.78 is 26.1. The molecule has 0 N–H and O–H groups in total. The predicted molar refractivity (Wildman–Crippen MR) is 47.2 cm³/mol. The fourth-order valence-corrected chi connectivity index (χ4v) is 2.99. The minimum atomic E-state index is -4.28. The van der Waals surface area contributed by atoms with Crippen LogP contribution in [0.15, 0.2) is 0 Å². The molecular weight excluding hydrogens is 190 g/mol. The quantitative estimate of drug-likeness (QED) is 0.520. The summed E-state index contributed by atoms with van der Waals surface area (Å²) in [7, 11) is -4.28. The standard InChI is InChI=1S/C8H12F2N2Si/c1-3-8(13(2,9)10)7(6-12)4-5-11/h7-8H,3-4H2,1-2H3. The van der Waals surface area contributed by atoms with E-state index in [4.69, 9.17) is 10.5 Å². The van der Waals surface area contributed by atoms with Crippen molar-refractivity contribution in [3.63, 3.8) is 0 Å². The maximum absolute atomic E-state index is 13.0. The van der Waals surface area contributed by atoms with Gasteiger partial charge in [-0.1, -0.05) is 6.92 Å². The van der Waals surface area contributed by atoms with Gasteiger partial charge < -0.3 is 0 Å². The van der Waals surface area contributed by atoms with Crippen LogP contribution >= 0.6 is 0 Å². The van der Waals surface area contributed by atoms with Gasteiger partial charge in [0.1, 0.15) is 0 Å². The highest BCUT2D eigenvalue weighted by Crippen LogP contribution is 2.36. The molecule has 0 fully saturated rings. The van der Waals surface area contributed by atoms with E-state index in [9.17, 15) is 8.22 Å². The number of hydrogen-bond donors (Lipinski definition) is 0. The molecule has 0 bridgehead atoms. The fourth-order valence-electron chi connectivity index (χ4n) is 1.37. The van der Waals surface area contributed by atoms with Gasteiger partial charge in [-0.3, -0.25) is 8.22 Å². The summed E-state index contributed by atoms with van der Waals surface area (Å²) in [5.74, 6) is -0.804. The first-order chi connectivity index (χ1) is 5.97. The molecule has 0 saturated carbocycles. The second kappa shape index (κ2) is 4.93. The predicted octanol–water partition coefficient (Wildman–Crippen LogP) is 2.83. The van der Waals surface area contributed by atoms with Gasteiger partial charge in [-0.15, -0.1) is 0 Å². The second-order valence-corrected chi connectivity index (χ2v) is 5.72. The van der Waals surface area contributed by atoms with E-state index in [2.05, 4.69) is 0 Å². The molecule has 2 nitrogen and oxygen atoms in total. The lowest BCUT2D eigenvalue weighted by atomic mass is 10.0. The normalized spacial score (nSPS) is 15.5. The van der Waals surface area contributed by atoms with Crippen LogP contribution in [-0.2, 0) is 0 Å². The van der Waals surface area contributed by atoms with Crippen LogP contribution in [0.3, 0.4) is 0 Å². The van der Waals surface area contributed by atoms with E-state index in [1.807, 2.05) is 0 Å². The molecule has 0 saturated heterocycles. The van der Waals surface area contributed by atoms with E-state index in [1.54, 1.807) is 19.1 Å². The minimum Gasteiger partial charge on any atom is -0.270 e. The van der Waals surface area contributed by atoms with Gasteiger partial charge in [-0.05, 0) is 13.0 Å². The molecule has 0 amide bonds.